The number of carbonyl (C=O) groups excluding carboxylic acids is 2. The second-order valence-electron chi connectivity index (χ2n) is 4.28. The Morgan fingerprint density at radius 3 is 2.67 bits per heavy atom. The van der Waals surface area contributed by atoms with Gasteiger partial charge in [0.15, 0.2) is 0 Å². The van der Waals surface area contributed by atoms with Crippen LogP contribution >= 0.6 is 11.6 Å². The number of unbranched alkanes of at least 4 members (excludes halogenated alkanes) is 2. The molecule has 3 nitrogen and oxygen atoms in total. The van der Waals surface area contributed by atoms with Crippen LogP contribution in [0.2, 0.25) is 5.02 Å². The number of anilines is 1. The van der Waals surface area contributed by atoms with E-state index in [-0.39, 0.29) is 10.6 Å². The lowest BCUT2D eigenvalue weighted by Gasteiger charge is -2.16. The Morgan fingerprint density at radius 2 is 2.00 bits per heavy atom. The third kappa shape index (κ3) is 2.12. The highest BCUT2D eigenvalue weighted by molar-refractivity contribution is 6.52. The summed E-state index contributed by atoms with van der Waals surface area (Å²) in [6.07, 6.45) is 2.76. The van der Waals surface area contributed by atoms with E-state index in [4.69, 9.17) is 11.6 Å². The molecule has 1 aromatic carbocycles. The highest BCUT2D eigenvalue weighted by Crippen LogP contribution is 2.33. The van der Waals surface area contributed by atoms with Crippen LogP contribution in [0.5, 0.6) is 0 Å². The number of nitrogens with zero attached hydrogens (tertiary/aromatic N) is 1. The number of amides is 1. The van der Waals surface area contributed by atoms with Gasteiger partial charge in [-0.25, -0.2) is 4.39 Å². The fourth-order valence-corrected chi connectivity index (χ4v) is 2.19. The minimum atomic E-state index is -0.613. The largest absolute Gasteiger partial charge is 0.305 e. The van der Waals surface area contributed by atoms with E-state index in [0.29, 0.717) is 12.2 Å². The van der Waals surface area contributed by atoms with Crippen molar-refractivity contribution in [1.82, 2.24) is 0 Å². The zero-order valence-corrected chi connectivity index (χ0v) is 10.8. The number of ketones is 1. The fraction of sp³-hybridized carbons (Fsp3) is 0.385. The summed E-state index contributed by atoms with van der Waals surface area (Å²) < 4.78 is 13.4. The Kier molecular flexibility index (Phi) is 3.66. The number of hydrogen-bond acceptors (Lipinski definition) is 2. The highest BCUT2D eigenvalue weighted by Gasteiger charge is 2.36. The summed E-state index contributed by atoms with van der Waals surface area (Å²) in [6.45, 7) is 2.48. The first-order chi connectivity index (χ1) is 8.56. The Labute approximate surface area is 110 Å². The maximum Gasteiger partial charge on any atom is 0.299 e. The summed E-state index contributed by atoms with van der Waals surface area (Å²) >= 11 is 5.62. The lowest BCUT2D eigenvalue weighted by atomic mass is 10.1. The summed E-state index contributed by atoms with van der Waals surface area (Å²) in [5, 5.41) is -0.134. The number of hydrogen-bond donors (Lipinski definition) is 0. The van der Waals surface area contributed by atoms with Gasteiger partial charge >= 0.3 is 0 Å². The van der Waals surface area contributed by atoms with Crippen molar-refractivity contribution in [3.8, 4) is 0 Å². The molecule has 1 amide bonds. The second kappa shape index (κ2) is 5.06. The van der Waals surface area contributed by atoms with Crippen molar-refractivity contribution in [2.24, 2.45) is 0 Å². The summed E-state index contributed by atoms with van der Waals surface area (Å²) in [7, 11) is 0. The molecule has 0 saturated carbocycles. The molecule has 0 fully saturated rings. The number of fused-ring (bicyclic) bond motifs is 1. The number of halogens is 2. The van der Waals surface area contributed by atoms with E-state index in [2.05, 4.69) is 0 Å². The zero-order chi connectivity index (χ0) is 13.3. The number of rotatable bonds is 4. The predicted molar refractivity (Wildman–Crippen MR) is 67.6 cm³/mol. The maximum absolute atomic E-state index is 13.4. The van der Waals surface area contributed by atoms with Crippen molar-refractivity contribution in [3.05, 3.63) is 28.5 Å². The highest BCUT2D eigenvalue weighted by atomic mass is 35.5. The van der Waals surface area contributed by atoms with Gasteiger partial charge < -0.3 is 4.90 Å². The van der Waals surface area contributed by atoms with E-state index in [1.807, 2.05) is 6.92 Å². The van der Waals surface area contributed by atoms with E-state index < -0.39 is 17.5 Å². The molecular weight excluding hydrogens is 257 g/mol. The summed E-state index contributed by atoms with van der Waals surface area (Å²) in [5.74, 6) is -1.82. The molecule has 0 aliphatic carbocycles. The average Bonchev–Trinajstić information content (AvgIpc) is 2.56. The fourth-order valence-electron chi connectivity index (χ4n) is 2.03. The molecule has 5 heteroatoms. The Hall–Kier alpha value is -1.42. The molecule has 1 heterocycles. The molecule has 1 aliphatic heterocycles. The van der Waals surface area contributed by atoms with Gasteiger partial charge in [-0.2, -0.15) is 0 Å². The van der Waals surface area contributed by atoms with Crippen molar-refractivity contribution in [2.75, 3.05) is 11.4 Å². The molecule has 2 rings (SSSR count). The van der Waals surface area contributed by atoms with Crippen LogP contribution in [0.25, 0.3) is 0 Å². The van der Waals surface area contributed by atoms with Gasteiger partial charge in [0.05, 0.1) is 16.3 Å². The van der Waals surface area contributed by atoms with Gasteiger partial charge in [-0.3, -0.25) is 9.59 Å². The first-order valence-electron chi connectivity index (χ1n) is 5.91. The number of Topliss-reactive ketones (excluding diaryl/α,β-unsaturated/α-hetero) is 1. The normalized spacial score (nSPS) is 14.3. The van der Waals surface area contributed by atoms with E-state index in [1.54, 1.807) is 0 Å². The van der Waals surface area contributed by atoms with E-state index >= 15 is 0 Å². The van der Waals surface area contributed by atoms with Crippen LogP contribution in [0.4, 0.5) is 10.1 Å². The van der Waals surface area contributed by atoms with Crippen molar-refractivity contribution in [3.63, 3.8) is 0 Å². The third-order valence-corrected chi connectivity index (χ3v) is 3.29. The van der Waals surface area contributed by atoms with Crippen molar-refractivity contribution >= 4 is 29.0 Å². The van der Waals surface area contributed by atoms with E-state index in [1.165, 1.54) is 11.0 Å². The molecule has 0 unspecified atom stereocenters. The summed E-state index contributed by atoms with van der Waals surface area (Å²) in [4.78, 5) is 24.9. The van der Waals surface area contributed by atoms with Crippen LogP contribution in [0.15, 0.2) is 12.1 Å². The quantitative estimate of drug-likeness (QED) is 0.622. The van der Waals surface area contributed by atoms with Gasteiger partial charge in [0, 0.05) is 6.54 Å². The van der Waals surface area contributed by atoms with Gasteiger partial charge in [-0.1, -0.05) is 31.4 Å². The van der Waals surface area contributed by atoms with Gasteiger partial charge in [-0.15, -0.1) is 0 Å². The lowest BCUT2D eigenvalue weighted by Crippen LogP contribution is -2.30. The van der Waals surface area contributed by atoms with Crippen molar-refractivity contribution in [2.45, 2.75) is 26.2 Å². The van der Waals surface area contributed by atoms with Crippen molar-refractivity contribution in [1.29, 1.82) is 0 Å². The van der Waals surface area contributed by atoms with E-state index in [9.17, 15) is 14.0 Å². The van der Waals surface area contributed by atoms with Gasteiger partial charge in [0.2, 0.25) is 0 Å². The molecule has 0 saturated heterocycles. The maximum atomic E-state index is 13.4. The minimum absolute atomic E-state index is 0.134. The monoisotopic (exact) mass is 269 g/mol. The molecule has 0 aromatic heterocycles. The van der Waals surface area contributed by atoms with Crippen LogP contribution in [0, 0.1) is 5.82 Å². The van der Waals surface area contributed by atoms with E-state index in [0.717, 1.165) is 25.3 Å². The smallest absolute Gasteiger partial charge is 0.299 e. The topological polar surface area (TPSA) is 37.4 Å². The van der Waals surface area contributed by atoms with Crippen molar-refractivity contribution < 1.29 is 14.0 Å². The van der Waals surface area contributed by atoms with Crippen LogP contribution < -0.4 is 4.90 Å². The third-order valence-electron chi connectivity index (χ3n) is 3.00. The number of carbonyl (C=O) groups is 2. The molecule has 0 spiro atoms. The standard InChI is InChI=1S/C13H13ClFNO2/c1-2-3-4-5-16-11-7-10(15)9(14)6-8(11)12(17)13(16)18/h6-7H,2-5H2,1H3. The van der Waals surface area contributed by atoms with Gasteiger partial charge in [-0.05, 0) is 18.6 Å². The molecular formula is C13H13ClFNO2. The van der Waals surface area contributed by atoms with Gasteiger partial charge in [0.25, 0.3) is 11.7 Å². The summed E-state index contributed by atoms with van der Waals surface area (Å²) in [5.41, 5.74) is 0.533. The molecule has 1 aromatic rings. The average molecular weight is 270 g/mol. The van der Waals surface area contributed by atoms with Crippen LogP contribution in [-0.4, -0.2) is 18.2 Å². The SMILES string of the molecule is CCCCCN1C(=O)C(=O)c2cc(Cl)c(F)cc21. The van der Waals surface area contributed by atoms with Crippen LogP contribution in [-0.2, 0) is 4.79 Å². The molecule has 0 atom stereocenters. The Balaban J connectivity index is 2.33. The molecule has 96 valence electrons. The van der Waals surface area contributed by atoms with Gasteiger partial charge in [0.1, 0.15) is 5.82 Å². The lowest BCUT2D eigenvalue weighted by molar-refractivity contribution is -0.114. The molecule has 0 bridgehead atoms. The molecule has 1 aliphatic rings. The minimum Gasteiger partial charge on any atom is -0.305 e. The zero-order valence-electron chi connectivity index (χ0n) is 10.0. The first kappa shape index (κ1) is 13.0. The Bertz CT molecular complexity index is 516. The summed E-state index contributed by atoms with van der Waals surface area (Å²) in [6, 6.07) is 2.39. The Morgan fingerprint density at radius 1 is 1.28 bits per heavy atom. The molecule has 0 radical (unpaired) electrons. The molecule has 0 N–H and O–H groups in total. The predicted octanol–water partition coefficient (Wildman–Crippen LogP) is 3.20. The van der Waals surface area contributed by atoms with Crippen LogP contribution in [0.1, 0.15) is 36.5 Å². The van der Waals surface area contributed by atoms with Crippen LogP contribution in [0.3, 0.4) is 0 Å². The second-order valence-corrected chi connectivity index (χ2v) is 4.68. The first-order valence-corrected chi connectivity index (χ1v) is 6.29. The number of benzene rings is 1. The molecule has 18 heavy (non-hydrogen) atoms.